The van der Waals surface area contributed by atoms with Gasteiger partial charge in [-0.2, -0.15) is 0 Å². The first kappa shape index (κ1) is 14.6. The summed E-state index contributed by atoms with van der Waals surface area (Å²) in [4.78, 5) is 4.47. The monoisotopic (exact) mass is 273 g/mol. The normalized spacial score (nSPS) is 12.3. The SMILES string of the molecule is CCCNC(C)c1cccn1Cc1cccc(OC)n1. The average Bonchev–Trinajstić information content (AvgIpc) is 2.93. The first-order valence-corrected chi connectivity index (χ1v) is 7.13. The lowest BCUT2D eigenvalue weighted by molar-refractivity contribution is 0.395. The number of aromatic nitrogens is 2. The largest absolute Gasteiger partial charge is 0.481 e. The van der Waals surface area contributed by atoms with Gasteiger partial charge >= 0.3 is 0 Å². The predicted molar refractivity (Wildman–Crippen MR) is 81.0 cm³/mol. The molecule has 0 saturated heterocycles. The predicted octanol–water partition coefficient (Wildman–Crippen LogP) is 3.00. The first-order chi connectivity index (χ1) is 9.74. The van der Waals surface area contributed by atoms with E-state index in [-0.39, 0.29) is 0 Å². The Bertz CT molecular complexity index is 536. The van der Waals surface area contributed by atoms with Gasteiger partial charge in [-0.3, -0.25) is 0 Å². The Balaban J connectivity index is 2.11. The molecule has 1 atom stereocenters. The lowest BCUT2D eigenvalue weighted by Gasteiger charge is -2.17. The molecule has 2 aromatic heterocycles. The summed E-state index contributed by atoms with van der Waals surface area (Å²) in [6.07, 6.45) is 3.24. The van der Waals surface area contributed by atoms with Crippen molar-refractivity contribution in [2.45, 2.75) is 32.9 Å². The van der Waals surface area contributed by atoms with Crippen LogP contribution in [-0.4, -0.2) is 23.2 Å². The third-order valence-corrected chi connectivity index (χ3v) is 3.33. The smallest absolute Gasteiger partial charge is 0.213 e. The van der Waals surface area contributed by atoms with Crippen LogP contribution < -0.4 is 10.1 Å². The van der Waals surface area contributed by atoms with Gasteiger partial charge in [-0.05, 0) is 38.1 Å². The first-order valence-electron chi connectivity index (χ1n) is 7.13. The Labute approximate surface area is 120 Å². The molecule has 0 aliphatic rings. The fourth-order valence-electron chi connectivity index (χ4n) is 2.26. The quantitative estimate of drug-likeness (QED) is 0.843. The lowest BCUT2D eigenvalue weighted by Crippen LogP contribution is -2.22. The molecule has 20 heavy (non-hydrogen) atoms. The van der Waals surface area contributed by atoms with Crippen molar-refractivity contribution in [3.8, 4) is 5.88 Å². The molecule has 0 radical (unpaired) electrons. The van der Waals surface area contributed by atoms with E-state index in [9.17, 15) is 0 Å². The molecule has 0 fully saturated rings. The maximum Gasteiger partial charge on any atom is 0.213 e. The highest BCUT2D eigenvalue weighted by Crippen LogP contribution is 2.16. The van der Waals surface area contributed by atoms with Crippen LogP contribution in [0.25, 0.3) is 0 Å². The van der Waals surface area contributed by atoms with Crippen LogP contribution in [0, 0.1) is 0 Å². The zero-order valence-corrected chi connectivity index (χ0v) is 12.5. The molecule has 4 heteroatoms. The highest BCUT2D eigenvalue weighted by molar-refractivity contribution is 5.18. The minimum absolute atomic E-state index is 0.343. The Morgan fingerprint density at radius 3 is 2.90 bits per heavy atom. The van der Waals surface area contributed by atoms with E-state index >= 15 is 0 Å². The molecule has 0 aromatic carbocycles. The van der Waals surface area contributed by atoms with Crippen molar-refractivity contribution in [3.63, 3.8) is 0 Å². The molecule has 1 N–H and O–H groups in total. The summed E-state index contributed by atoms with van der Waals surface area (Å²) >= 11 is 0. The summed E-state index contributed by atoms with van der Waals surface area (Å²) in [5, 5.41) is 3.52. The van der Waals surface area contributed by atoms with E-state index in [4.69, 9.17) is 4.74 Å². The fraction of sp³-hybridized carbons (Fsp3) is 0.438. The zero-order valence-electron chi connectivity index (χ0n) is 12.5. The van der Waals surface area contributed by atoms with Crippen molar-refractivity contribution >= 4 is 0 Å². The molecule has 0 aliphatic carbocycles. The summed E-state index contributed by atoms with van der Waals surface area (Å²) in [5.74, 6) is 0.661. The lowest BCUT2D eigenvalue weighted by atomic mass is 10.2. The summed E-state index contributed by atoms with van der Waals surface area (Å²) in [5.41, 5.74) is 2.28. The maximum atomic E-state index is 5.17. The Kier molecular flexibility index (Phi) is 5.18. The molecular weight excluding hydrogens is 250 g/mol. The number of nitrogens with zero attached hydrogens (tertiary/aromatic N) is 2. The van der Waals surface area contributed by atoms with Gasteiger partial charge in [-0.1, -0.05) is 13.0 Å². The van der Waals surface area contributed by atoms with Gasteiger partial charge in [-0.15, -0.1) is 0 Å². The Morgan fingerprint density at radius 1 is 1.30 bits per heavy atom. The van der Waals surface area contributed by atoms with Crippen LogP contribution in [0.5, 0.6) is 5.88 Å². The maximum absolute atomic E-state index is 5.17. The topological polar surface area (TPSA) is 39.1 Å². The van der Waals surface area contributed by atoms with Gasteiger partial charge in [0, 0.05) is 24.0 Å². The van der Waals surface area contributed by atoms with Crippen molar-refractivity contribution < 1.29 is 4.74 Å². The van der Waals surface area contributed by atoms with Gasteiger partial charge in [-0.25, -0.2) is 4.98 Å². The number of hydrogen-bond acceptors (Lipinski definition) is 3. The van der Waals surface area contributed by atoms with Gasteiger partial charge in [0.25, 0.3) is 0 Å². The molecule has 0 bridgehead atoms. The minimum atomic E-state index is 0.343. The molecule has 2 rings (SSSR count). The summed E-state index contributed by atoms with van der Waals surface area (Å²) < 4.78 is 7.40. The molecule has 2 heterocycles. The van der Waals surface area contributed by atoms with Crippen molar-refractivity contribution in [1.29, 1.82) is 0 Å². The molecule has 0 saturated carbocycles. The van der Waals surface area contributed by atoms with Crippen molar-refractivity contribution in [2.24, 2.45) is 0 Å². The molecule has 2 aromatic rings. The molecule has 108 valence electrons. The number of pyridine rings is 1. The second-order valence-electron chi connectivity index (χ2n) is 4.91. The van der Waals surface area contributed by atoms with Crippen LogP contribution in [0.2, 0.25) is 0 Å². The van der Waals surface area contributed by atoms with Gasteiger partial charge < -0.3 is 14.6 Å². The van der Waals surface area contributed by atoms with Crippen LogP contribution in [0.15, 0.2) is 36.5 Å². The third-order valence-electron chi connectivity index (χ3n) is 3.33. The summed E-state index contributed by atoms with van der Waals surface area (Å²) in [6, 6.07) is 10.5. The van der Waals surface area contributed by atoms with E-state index in [1.807, 2.05) is 18.2 Å². The van der Waals surface area contributed by atoms with E-state index in [1.54, 1.807) is 7.11 Å². The number of ether oxygens (including phenoxy) is 1. The van der Waals surface area contributed by atoms with Crippen LogP contribution in [-0.2, 0) is 6.54 Å². The van der Waals surface area contributed by atoms with Gasteiger partial charge in [0.05, 0.1) is 19.3 Å². The van der Waals surface area contributed by atoms with E-state index < -0.39 is 0 Å². The molecule has 1 unspecified atom stereocenters. The highest BCUT2D eigenvalue weighted by Gasteiger charge is 2.10. The third kappa shape index (κ3) is 3.61. The van der Waals surface area contributed by atoms with Crippen LogP contribution in [0.4, 0.5) is 0 Å². The second kappa shape index (κ2) is 7.10. The molecule has 0 aliphatic heterocycles. The van der Waals surface area contributed by atoms with E-state index in [0.717, 1.165) is 25.2 Å². The van der Waals surface area contributed by atoms with E-state index in [1.165, 1.54) is 5.69 Å². The van der Waals surface area contributed by atoms with Crippen LogP contribution in [0.3, 0.4) is 0 Å². The summed E-state index contributed by atoms with van der Waals surface area (Å²) in [7, 11) is 1.64. The molecule has 0 spiro atoms. The zero-order chi connectivity index (χ0) is 14.4. The van der Waals surface area contributed by atoms with E-state index in [0.29, 0.717) is 11.9 Å². The van der Waals surface area contributed by atoms with E-state index in [2.05, 4.69) is 47.0 Å². The Hall–Kier alpha value is -1.81. The average molecular weight is 273 g/mol. The minimum Gasteiger partial charge on any atom is -0.481 e. The van der Waals surface area contributed by atoms with Crippen molar-refractivity contribution in [2.75, 3.05) is 13.7 Å². The standard InChI is InChI=1S/C16H23N3O/c1-4-10-17-13(2)15-8-6-11-19(15)12-14-7-5-9-16(18-14)20-3/h5-9,11,13,17H,4,10,12H2,1-3H3. The summed E-state index contributed by atoms with van der Waals surface area (Å²) in [6.45, 7) is 6.17. The number of rotatable bonds is 7. The Morgan fingerprint density at radius 2 is 2.15 bits per heavy atom. The van der Waals surface area contributed by atoms with Crippen molar-refractivity contribution in [3.05, 3.63) is 47.9 Å². The van der Waals surface area contributed by atoms with Crippen LogP contribution in [0.1, 0.15) is 37.7 Å². The fourth-order valence-corrected chi connectivity index (χ4v) is 2.26. The van der Waals surface area contributed by atoms with Gasteiger partial charge in [0.15, 0.2) is 0 Å². The number of hydrogen-bond donors (Lipinski definition) is 1. The molecule has 4 nitrogen and oxygen atoms in total. The van der Waals surface area contributed by atoms with Gasteiger partial charge in [0.1, 0.15) is 0 Å². The van der Waals surface area contributed by atoms with Crippen LogP contribution >= 0.6 is 0 Å². The second-order valence-corrected chi connectivity index (χ2v) is 4.91. The van der Waals surface area contributed by atoms with Gasteiger partial charge in [0.2, 0.25) is 5.88 Å². The molecule has 0 amide bonds. The molecular formula is C16H23N3O. The van der Waals surface area contributed by atoms with Crippen molar-refractivity contribution in [1.82, 2.24) is 14.9 Å². The number of methoxy groups -OCH3 is 1. The number of nitrogens with one attached hydrogen (secondary N) is 1. The highest BCUT2D eigenvalue weighted by atomic mass is 16.5.